The van der Waals surface area contributed by atoms with E-state index in [9.17, 15) is 22.8 Å². The monoisotopic (exact) mass is 347 g/mol. The van der Waals surface area contributed by atoms with Gasteiger partial charge in [-0.25, -0.2) is 0 Å². The van der Waals surface area contributed by atoms with Crippen LogP contribution in [0.2, 0.25) is 0 Å². The molecule has 0 aromatic carbocycles. The van der Waals surface area contributed by atoms with Gasteiger partial charge >= 0.3 is 12.1 Å². The van der Waals surface area contributed by atoms with Crippen molar-refractivity contribution in [3.63, 3.8) is 0 Å². The maximum Gasteiger partial charge on any atom is 0.433 e. The number of hydrogen-bond acceptors (Lipinski definition) is 3. The van der Waals surface area contributed by atoms with Crippen molar-refractivity contribution in [2.75, 3.05) is 13.1 Å². The Morgan fingerprint density at radius 3 is 2.42 bits per heavy atom. The molecule has 24 heavy (non-hydrogen) atoms. The van der Waals surface area contributed by atoms with E-state index in [1.54, 1.807) is 20.8 Å². The lowest BCUT2D eigenvalue weighted by atomic mass is 9.97. The van der Waals surface area contributed by atoms with Gasteiger partial charge in [-0.3, -0.25) is 14.3 Å². The number of piperidine rings is 1. The van der Waals surface area contributed by atoms with Crippen molar-refractivity contribution in [1.82, 2.24) is 14.7 Å². The molecule has 134 valence electrons. The Hall–Kier alpha value is -2.06. The van der Waals surface area contributed by atoms with Crippen LogP contribution in [-0.2, 0) is 16.5 Å². The molecule has 1 aliphatic heterocycles. The number of aliphatic carboxylic acids is 1. The van der Waals surface area contributed by atoms with Gasteiger partial charge in [-0.15, -0.1) is 0 Å². The van der Waals surface area contributed by atoms with E-state index >= 15 is 0 Å². The van der Waals surface area contributed by atoms with Gasteiger partial charge in [-0.05, 0) is 33.6 Å². The first-order valence-electron chi connectivity index (χ1n) is 7.60. The Labute approximate surface area is 137 Å². The highest BCUT2D eigenvalue weighted by Crippen LogP contribution is 2.35. The molecule has 0 saturated carbocycles. The summed E-state index contributed by atoms with van der Waals surface area (Å²) in [5, 5.41) is 12.8. The molecule has 0 radical (unpaired) electrons. The molecule has 1 amide bonds. The highest BCUT2D eigenvalue weighted by Gasteiger charge is 2.43. The summed E-state index contributed by atoms with van der Waals surface area (Å²) in [4.78, 5) is 24.8. The Balaban J connectivity index is 2.40. The smallest absolute Gasteiger partial charge is 0.433 e. The SMILES string of the molecule is CC(C)(C)n1ncc(C(=O)N2CCC[C@H](C(=O)O)C2)c1C(F)(F)F. The minimum absolute atomic E-state index is 0.0911. The summed E-state index contributed by atoms with van der Waals surface area (Å²) < 4.78 is 41.2. The Bertz CT molecular complexity index is 647. The van der Waals surface area contributed by atoms with Crippen LogP contribution < -0.4 is 0 Å². The zero-order valence-corrected chi connectivity index (χ0v) is 13.7. The molecule has 0 spiro atoms. The van der Waals surface area contributed by atoms with Crippen LogP contribution in [0.15, 0.2) is 6.20 Å². The fourth-order valence-electron chi connectivity index (χ4n) is 2.82. The normalized spacial score (nSPS) is 19.4. The molecule has 2 rings (SSSR count). The maximum absolute atomic E-state index is 13.5. The molecule has 6 nitrogen and oxygen atoms in total. The molecule has 1 aliphatic rings. The van der Waals surface area contributed by atoms with Crippen molar-refractivity contribution < 1.29 is 27.9 Å². The number of aromatic nitrogens is 2. The number of carboxylic acid groups (broad SMARTS) is 1. The fourth-order valence-corrected chi connectivity index (χ4v) is 2.82. The van der Waals surface area contributed by atoms with Crippen LogP contribution in [0.4, 0.5) is 13.2 Å². The molecule has 0 bridgehead atoms. The first kappa shape index (κ1) is 18.3. The topological polar surface area (TPSA) is 75.4 Å². The van der Waals surface area contributed by atoms with Gasteiger partial charge in [0, 0.05) is 13.1 Å². The van der Waals surface area contributed by atoms with Gasteiger partial charge in [0.2, 0.25) is 0 Å². The van der Waals surface area contributed by atoms with Crippen molar-refractivity contribution in [2.45, 2.75) is 45.3 Å². The van der Waals surface area contributed by atoms with Crippen molar-refractivity contribution in [3.8, 4) is 0 Å². The number of carbonyl (C=O) groups is 2. The van der Waals surface area contributed by atoms with Crippen molar-refractivity contribution in [1.29, 1.82) is 0 Å². The van der Waals surface area contributed by atoms with Crippen LogP contribution in [0.5, 0.6) is 0 Å². The molecule has 1 aromatic rings. The molecule has 0 unspecified atom stereocenters. The molecule has 1 N–H and O–H groups in total. The highest BCUT2D eigenvalue weighted by molar-refractivity contribution is 5.95. The molecule has 1 atom stereocenters. The van der Waals surface area contributed by atoms with E-state index < -0.39 is 40.8 Å². The largest absolute Gasteiger partial charge is 0.481 e. The molecular weight excluding hydrogens is 327 g/mol. The van der Waals surface area contributed by atoms with E-state index in [0.717, 1.165) is 10.9 Å². The quantitative estimate of drug-likeness (QED) is 0.892. The summed E-state index contributed by atoms with van der Waals surface area (Å²) >= 11 is 0. The third-order valence-electron chi connectivity index (χ3n) is 3.96. The Morgan fingerprint density at radius 1 is 1.29 bits per heavy atom. The van der Waals surface area contributed by atoms with Crippen molar-refractivity contribution in [2.24, 2.45) is 5.92 Å². The zero-order chi connectivity index (χ0) is 18.3. The molecule has 1 saturated heterocycles. The summed E-state index contributed by atoms with van der Waals surface area (Å²) in [6.07, 6.45) is -2.97. The van der Waals surface area contributed by atoms with Crippen LogP contribution in [0.1, 0.15) is 49.7 Å². The lowest BCUT2D eigenvalue weighted by Crippen LogP contribution is -2.43. The third-order valence-corrected chi connectivity index (χ3v) is 3.96. The zero-order valence-electron chi connectivity index (χ0n) is 13.7. The van der Waals surface area contributed by atoms with E-state index in [4.69, 9.17) is 5.11 Å². The molecule has 2 heterocycles. The second kappa shape index (κ2) is 6.10. The minimum atomic E-state index is -4.74. The predicted octanol–water partition coefficient (Wildman–Crippen LogP) is 2.59. The van der Waals surface area contributed by atoms with E-state index in [2.05, 4.69) is 5.10 Å². The van der Waals surface area contributed by atoms with Crippen molar-refractivity contribution in [3.05, 3.63) is 17.5 Å². The van der Waals surface area contributed by atoms with Gasteiger partial charge < -0.3 is 10.0 Å². The summed E-state index contributed by atoms with van der Waals surface area (Å²) in [6.45, 7) is 4.83. The first-order chi connectivity index (χ1) is 10.9. The van der Waals surface area contributed by atoms with Crippen LogP contribution in [0, 0.1) is 5.92 Å². The van der Waals surface area contributed by atoms with Gasteiger partial charge in [0.05, 0.1) is 23.2 Å². The summed E-state index contributed by atoms with van der Waals surface area (Å²) in [5.74, 6) is -2.63. The lowest BCUT2D eigenvalue weighted by Gasteiger charge is -2.31. The number of alkyl halides is 3. The maximum atomic E-state index is 13.5. The third kappa shape index (κ3) is 3.54. The average molecular weight is 347 g/mol. The van der Waals surface area contributed by atoms with E-state index in [1.807, 2.05) is 0 Å². The second-order valence-electron chi connectivity index (χ2n) is 6.92. The number of nitrogens with zero attached hydrogens (tertiary/aromatic N) is 3. The number of carboxylic acids is 1. The number of carbonyl (C=O) groups excluding carboxylic acids is 1. The second-order valence-corrected chi connectivity index (χ2v) is 6.92. The molecule has 1 fully saturated rings. The number of likely N-dealkylation sites (tertiary alicyclic amines) is 1. The highest BCUT2D eigenvalue weighted by atomic mass is 19.4. The number of rotatable bonds is 2. The summed E-state index contributed by atoms with van der Waals surface area (Å²) in [6, 6.07) is 0. The van der Waals surface area contributed by atoms with Gasteiger partial charge in [-0.1, -0.05) is 0 Å². The van der Waals surface area contributed by atoms with E-state index in [1.165, 1.54) is 4.90 Å². The van der Waals surface area contributed by atoms with Gasteiger partial charge in [-0.2, -0.15) is 18.3 Å². The summed E-state index contributed by atoms with van der Waals surface area (Å²) in [7, 11) is 0. The summed E-state index contributed by atoms with van der Waals surface area (Å²) in [5.41, 5.74) is -2.59. The Kier molecular flexibility index (Phi) is 4.65. The Morgan fingerprint density at radius 2 is 1.92 bits per heavy atom. The van der Waals surface area contributed by atoms with Crippen LogP contribution in [-0.4, -0.2) is 44.8 Å². The van der Waals surface area contributed by atoms with Crippen LogP contribution in [0.3, 0.4) is 0 Å². The van der Waals surface area contributed by atoms with Gasteiger partial charge in [0.15, 0.2) is 5.69 Å². The van der Waals surface area contributed by atoms with Gasteiger partial charge in [0.25, 0.3) is 5.91 Å². The van der Waals surface area contributed by atoms with Gasteiger partial charge in [0.1, 0.15) is 0 Å². The van der Waals surface area contributed by atoms with E-state index in [-0.39, 0.29) is 13.1 Å². The van der Waals surface area contributed by atoms with Crippen LogP contribution >= 0.6 is 0 Å². The standard InChI is InChI=1S/C15H20F3N3O3/c1-14(2,3)21-11(15(16,17)18)10(7-19-21)12(22)20-6-4-5-9(8-20)13(23)24/h7,9H,4-6,8H2,1-3H3,(H,23,24)/t9-/m0/s1. The molecule has 0 aliphatic carbocycles. The predicted molar refractivity (Wildman–Crippen MR) is 78.5 cm³/mol. The molecule has 9 heteroatoms. The van der Waals surface area contributed by atoms with Crippen molar-refractivity contribution >= 4 is 11.9 Å². The number of halogens is 3. The fraction of sp³-hybridized carbons (Fsp3) is 0.667. The molecule has 1 aromatic heterocycles. The number of amides is 1. The molecular formula is C15H20F3N3O3. The van der Waals surface area contributed by atoms with E-state index in [0.29, 0.717) is 12.8 Å². The minimum Gasteiger partial charge on any atom is -0.481 e. The lowest BCUT2D eigenvalue weighted by molar-refractivity contribution is -0.147. The number of hydrogen-bond donors (Lipinski definition) is 1. The van der Waals surface area contributed by atoms with Crippen LogP contribution in [0.25, 0.3) is 0 Å². The first-order valence-corrected chi connectivity index (χ1v) is 7.60. The average Bonchev–Trinajstić information content (AvgIpc) is 2.91.